The second-order valence-electron chi connectivity index (χ2n) is 17.8. The van der Waals surface area contributed by atoms with Crippen LogP contribution in [0.25, 0.3) is 34.4 Å². The van der Waals surface area contributed by atoms with E-state index in [9.17, 15) is 14.7 Å². The van der Waals surface area contributed by atoms with E-state index in [1.54, 1.807) is 6.08 Å². The second kappa shape index (κ2) is 15.7. The van der Waals surface area contributed by atoms with E-state index in [-0.39, 0.29) is 16.4 Å². The molecule has 0 saturated carbocycles. The molecule has 0 aliphatic heterocycles. The average Bonchev–Trinajstić information content (AvgIpc) is 3.59. The highest BCUT2D eigenvalue weighted by Gasteiger charge is 2.38. The van der Waals surface area contributed by atoms with Gasteiger partial charge in [0.05, 0.1) is 5.56 Å². The van der Waals surface area contributed by atoms with Crippen LogP contribution in [0.15, 0.2) is 107 Å². The molecule has 0 heterocycles. The molecule has 6 aromatic carbocycles. The van der Waals surface area contributed by atoms with Crippen LogP contribution < -0.4 is 15.8 Å². The Bertz CT molecular complexity index is 2470. The second-order valence-corrected chi connectivity index (χ2v) is 17.8. The molecule has 58 heavy (non-hydrogen) atoms. The van der Waals surface area contributed by atoms with Crippen molar-refractivity contribution < 1.29 is 5.11 Å². The van der Waals surface area contributed by atoms with Crippen molar-refractivity contribution in [2.75, 3.05) is 4.90 Å². The molecular weight excluding hydrogens is 711 g/mol. The van der Waals surface area contributed by atoms with Crippen LogP contribution in [0.3, 0.4) is 0 Å². The summed E-state index contributed by atoms with van der Waals surface area (Å²) in [4.78, 5) is 25.9. The summed E-state index contributed by atoms with van der Waals surface area (Å²) >= 11 is 0. The van der Waals surface area contributed by atoms with Crippen molar-refractivity contribution in [1.82, 2.24) is 0 Å². The quantitative estimate of drug-likeness (QED) is 0.0835. The van der Waals surface area contributed by atoms with Crippen molar-refractivity contribution in [3.8, 4) is 28.0 Å². The first-order valence-corrected chi connectivity index (χ1v) is 21.6. The minimum Gasteiger partial charge on any atom is -0.504 e. The fourth-order valence-electron chi connectivity index (χ4n) is 9.56. The Kier molecular flexibility index (Phi) is 10.7. The summed E-state index contributed by atoms with van der Waals surface area (Å²) in [5.41, 5.74) is 16.0. The van der Waals surface area contributed by atoms with Crippen LogP contribution in [-0.4, -0.2) is 5.11 Å². The molecule has 0 saturated heterocycles. The van der Waals surface area contributed by atoms with E-state index in [0.29, 0.717) is 0 Å². The molecule has 0 aromatic heterocycles. The number of fused-ring (bicyclic) bond motifs is 6. The summed E-state index contributed by atoms with van der Waals surface area (Å²) in [7, 11) is 0. The lowest BCUT2D eigenvalue weighted by Gasteiger charge is -2.30. The molecule has 0 unspecified atom stereocenters. The topological polar surface area (TPSA) is 57.6 Å². The Labute approximate surface area is 344 Å². The van der Waals surface area contributed by atoms with Gasteiger partial charge in [0.2, 0.25) is 5.43 Å². The van der Waals surface area contributed by atoms with Gasteiger partial charge in [-0.1, -0.05) is 147 Å². The van der Waals surface area contributed by atoms with Crippen LogP contribution >= 0.6 is 0 Å². The zero-order chi connectivity index (χ0) is 40.8. The van der Waals surface area contributed by atoms with Crippen molar-refractivity contribution in [3.63, 3.8) is 0 Å². The largest absolute Gasteiger partial charge is 0.504 e. The van der Waals surface area contributed by atoms with Crippen LogP contribution in [-0.2, 0) is 23.7 Å². The van der Waals surface area contributed by atoms with Crippen LogP contribution in [0.5, 0.6) is 5.75 Å². The van der Waals surface area contributed by atoms with Crippen LogP contribution in [0, 0.1) is 0 Å². The predicted octanol–water partition coefficient (Wildman–Crippen LogP) is 13.5. The zero-order valence-electron chi connectivity index (χ0n) is 35.2. The Hall–Kier alpha value is -5.48. The maximum atomic E-state index is 12.0. The SMILES string of the molecule is CCCCCCc1ccc2c(c1)C(C)(C)c1cc(N(c3ccc(/C=C/c4c(O)c(=O)c4=O)cc3)c3ccc4c(c3)C(C)(C)c3cc(CCCCCC)ccc3-4)ccc1-2. The monoisotopic (exact) mass is 767 g/mol. The van der Waals surface area contributed by atoms with Crippen LogP contribution in [0.4, 0.5) is 17.1 Å². The van der Waals surface area contributed by atoms with Gasteiger partial charge in [-0.3, -0.25) is 9.59 Å². The molecule has 4 nitrogen and oxygen atoms in total. The third kappa shape index (κ3) is 6.95. The Balaban J connectivity index is 1.17. The van der Waals surface area contributed by atoms with Gasteiger partial charge in [0, 0.05) is 27.9 Å². The number of anilines is 3. The lowest BCUT2D eigenvalue weighted by atomic mass is 9.81. The standard InChI is InChI=1S/C54H57NO3/c1-7-9-11-13-15-36-20-26-41-43-29-24-39(33-48(43)53(3,4)46(41)31-36)55(38-22-17-35(18-23-38)19-28-45-50(56)52(58)51(45)57)40-25-30-44-42-27-21-37(16-14-12-10-8-2)32-47(42)54(5,6)49(44)34-40/h17-34,56H,7-16H2,1-6H3/b28-19+. The summed E-state index contributed by atoms with van der Waals surface area (Å²) in [5, 5.41) is 9.90. The van der Waals surface area contributed by atoms with Crippen molar-refractivity contribution >= 4 is 29.2 Å². The fourth-order valence-corrected chi connectivity index (χ4v) is 9.56. The van der Waals surface area contributed by atoms with Crippen molar-refractivity contribution in [2.45, 2.75) is 117 Å². The Morgan fingerprint density at radius 2 is 0.931 bits per heavy atom. The maximum Gasteiger partial charge on any atom is 0.268 e. The van der Waals surface area contributed by atoms with E-state index in [2.05, 4.69) is 131 Å². The van der Waals surface area contributed by atoms with Crippen LogP contribution in [0.1, 0.15) is 137 Å². The molecule has 0 radical (unpaired) electrons. The fraction of sp³-hybridized carbons (Fsp3) is 0.333. The average molecular weight is 768 g/mol. The number of hydrogen-bond donors (Lipinski definition) is 1. The first-order chi connectivity index (χ1) is 27.9. The summed E-state index contributed by atoms with van der Waals surface area (Å²) in [6.07, 6.45) is 15.6. The molecule has 296 valence electrons. The first-order valence-electron chi connectivity index (χ1n) is 21.6. The summed E-state index contributed by atoms with van der Waals surface area (Å²) < 4.78 is 0. The molecule has 4 heteroatoms. The minimum atomic E-state index is -0.822. The molecule has 0 amide bonds. The summed E-state index contributed by atoms with van der Waals surface area (Å²) in [6, 6.07) is 36.5. The smallest absolute Gasteiger partial charge is 0.268 e. The summed E-state index contributed by atoms with van der Waals surface area (Å²) in [5.74, 6) is -0.459. The molecule has 0 fully saturated rings. The number of benzene rings is 5. The highest BCUT2D eigenvalue weighted by molar-refractivity contribution is 5.89. The first kappa shape index (κ1) is 39.4. The van der Waals surface area contributed by atoms with Gasteiger partial charge in [0.1, 0.15) is 0 Å². The van der Waals surface area contributed by atoms with Crippen molar-refractivity contribution in [1.29, 1.82) is 0 Å². The number of aryl methyl sites for hydroxylation is 2. The van der Waals surface area contributed by atoms with Crippen molar-refractivity contribution in [2.24, 2.45) is 0 Å². The van der Waals surface area contributed by atoms with E-state index >= 15 is 0 Å². The number of hydrogen-bond acceptors (Lipinski definition) is 4. The highest BCUT2D eigenvalue weighted by Crippen LogP contribution is 2.53. The third-order valence-electron chi connectivity index (χ3n) is 13.1. The minimum absolute atomic E-state index is 0.0615. The van der Waals surface area contributed by atoms with Gasteiger partial charge in [-0.15, -0.1) is 0 Å². The van der Waals surface area contributed by atoms with E-state index in [1.807, 2.05) is 12.1 Å². The third-order valence-corrected chi connectivity index (χ3v) is 13.1. The van der Waals surface area contributed by atoms with E-state index in [1.165, 1.54) is 113 Å². The molecule has 0 bridgehead atoms. The molecule has 0 spiro atoms. The molecule has 1 N–H and O–H groups in total. The summed E-state index contributed by atoms with van der Waals surface area (Å²) in [6.45, 7) is 14.0. The molecule has 0 atom stereocenters. The highest BCUT2D eigenvalue weighted by atomic mass is 16.3. The van der Waals surface area contributed by atoms with E-state index < -0.39 is 16.6 Å². The molecular formula is C54H57NO3. The van der Waals surface area contributed by atoms with E-state index in [4.69, 9.17) is 0 Å². The van der Waals surface area contributed by atoms with Gasteiger partial charge >= 0.3 is 0 Å². The number of rotatable bonds is 15. The van der Waals surface area contributed by atoms with Gasteiger partial charge < -0.3 is 10.0 Å². The van der Waals surface area contributed by atoms with Gasteiger partial charge in [-0.25, -0.2) is 0 Å². The van der Waals surface area contributed by atoms with Gasteiger partial charge in [0.25, 0.3) is 5.43 Å². The van der Waals surface area contributed by atoms with Crippen molar-refractivity contribution in [3.05, 3.63) is 162 Å². The van der Waals surface area contributed by atoms with E-state index in [0.717, 1.165) is 35.5 Å². The lowest BCUT2D eigenvalue weighted by Crippen LogP contribution is -2.32. The molecule has 8 rings (SSSR count). The normalized spacial score (nSPS) is 14.4. The zero-order valence-corrected chi connectivity index (χ0v) is 35.2. The van der Waals surface area contributed by atoms with Gasteiger partial charge in [-0.2, -0.15) is 0 Å². The molecule has 6 aromatic rings. The maximum absolute atomic E-state index is 12.0. The predicted molar refractivity (Wildman–Crippen MR) is 244 cm³/mol. The Morgan fingerprint density at radius 3 is 1.38 bits per heavy atom. The lowest BCUT2D eigenvalue weighted by molar-refractivity contribution is 0.461. The molecule has 2 aliphatic carbocycles. The Morgan fingerprint density at radius 1 is 0.500 bits per heavy atom. The molecule has 2 aliphatic rings. The number of unbranched alkanes of at least 4 members (excludes halogenated alkanes) is 6. The van der Waals surface area contributed by atoms with Crippen LogP contribution in [0.2, 0.25) is 0 Å². The van der Waals surface area contributed by atoms with Gasteiger partial charge in [0.15, 0.2) is 5.75 Å². The number of aromatic hydroxyl groups is 1. The van der Waals surface area contributed by atoms with Gasteiger partial charge in [-0.05, 0) is 129 Å². The number of nitrogens with zero attached hydrogens (tertiary/aromatic N) is 1.